The maximum absolute atomic E-state index is 11.6. The number of primary amides is 1. The number of hydrogen-bond donors (Lipinski definition) is 3. The monoisotopic (exact) mass is 417 g/mol. The van der Waals surface area contributed by atoms with Crippen molar-refractivity contribution in [3.05, 3.63) is 23.9 Å². The summed E-state index contributed by atoms with van der Waals surface area (Å²) < 4.78 is 0. The van der Waals surface area contributed by atoms with Crippen LogP contribution in [0.4, 0.5) is 5.82 Å². The lowest BCUT2D eigenvalue weighted by molar-refractivity contribution is -0.122. The van der Waals surface area contributed by atoms with Crippen molar-refractivity contribution in [1.29, 1.82) is 0 Å². The van der Waals surface area contributed by atoms with Crippen LogP contribution in [-0.2, 0) is 11.3 Å². The number of amides is 1. The molecule has 2 heterocycles. The van der Waals surface area contributed by atoms with Crippen LogP contribution >= 0.6 is 0 Å². The van der Waals surface area contributed by atoms with Gasteiger partial charge in [-0.1, -0.05) is 6.07 Å². The van der Waals surface area contributed by atoms with Crippen molar-refractivity contribution in [2.45, 2.75) is 59.2 Å². The van der Waals surface area contributed by atoms with E-state index in [0.717, 1.165) is 49.8 Å². The highest BCUT2D eigenvalue weighted by atomic mass is 16.1. The Morgan fingerprint density at radius 3 is 2.70 bits per heavy atom. The molecule has 1 aliphatic heterocycles. The number of hydrogen-bond acceptors (Lipinski definition) is 5. The molecule has 4 N–H and O–H groups in total. The highest BCUT2D eigenvalue weighted by molar-refractivity contribution is 5.80. The normalized spacial score (nSPS) is 17.7. The fraction of sp³-hybridized carbons (Fsp3) is 0.682. The number of aromatic nitrogens is 1. The predicted molar refractivity (Wildman–Crippen MR) is 124 cm³/mol. The molecular weight excluding hydrogens is 378 g/mol. The number of rotatable bonds is 9. The second-order valence-electron chi connectivity index (χ2n) is 8.45. The number of nitrogens with one attached hydrogen (secondary N) is 2. The molecule has 1 amide bonds. The van der Waals surface area contributed by atoms with E-state index >= 15 is 0 Å². The van der Waals surface area contributed by atoms with E-state index in [2.05, 4.69) is 64.2 Å². The van der Waals surface area contributed by atoms with E-state index in [1.54, 1.807) is 13.2 Å². The fourth-order valence-corrected chi connectivity index (χ4v) is 4.07. The van der Waals surface area contributed by atoms with Gasteiger partial charge in [-0.05, 0) is 46.6 Å². The second-order valence-corrected chi connectivity index (χ2v) is 8.45. The first-order valence-corrected chi connectivity index (χ1v) is 11.0. The molecule has 2 rings (SSSR count). The first-order valence-electron chi connectivity index (χ1n) is 11.0. The lowest BCUT2D eigenvalue weighted by Gasteiger charge is -2.33. The van der Waals surface area contributed by atoms with Gasteiger partial charge in [-0.25, -0.2) is 4.98 Å². The zero-order valence-electron chi connectivity index (χ0n) is 19.2. The van der Waals surface area contributed by atoms with Crippen LogP contribution in [0.3, 0.4) is 0 Å². The van der Waals surface area contributed by atoms with E-state index in [1.807, 2.05) is 6.07 Å². The van der Waals surface area contributed by atoms with Gasteiger partial charge in [0, 0.05) is 63.6 Å². The topological polar surface area (TPSA) is 98.9 Å². The van der Waals surface area contributed by atoms with Crippen molar-refractivity contribution in [2.24, 2.45) is 16.6 Å². The summed E-state index contributed by atoms with van der Waals surface area (Å²) in [6.07, 6.45) is 3.60. The summed E-state index contributed by atoms with van der Waals surface area (Å²) in [6.45, 7) is 12.8. The van der Waals surface area contributed by atoms with Crippen LogP contribution in [-0.4, -0.2) is 67.1 Å². The highest BCUT2D eigenvalue weighted by Gasteiger charge is 2.26. The smallest absolute Gasteiger partial charge is 0.222 e. The number of guanidine groups is 1. The van der Waals surface area contributed by atoms with Crippen LogP contribution in [0.2, 0.25) is 0 Å². The van der Waals surface area contributed by atoms with Crippen LogP contribution in [0.5, 0.6) is 0 Å². The lowest BCUT2D eigenvalue weighted by atomic mass is 9.97. The Kier molecular flexibility index (Phi) is 9.36. The quantitative estimate of drug-likeness (QED) is 0.417. The fourth-order valence-electron chi connectivity index (χ4n) is 4.07. The van der Waals surface area contributed by atoms with E-state index in [9.17, 15) is 4.79 Å². The van der Waals surface area contributed by atoms with E-state index in [4.69, 9.17) is 5.73 Å². The third kappa shape index (κ3) is 6.86. The van der Waals surface area contributed by atoms with Crippen molar-refractivity contribution < 1.29 is 4.79 Å². The van der Waals surface area contributed by atoms with Crippen LogP contribution in [0.1, 0.15) is 46.1 Å². The van der Waals surface area contributed by atoms with Crippen molar-refractivity contribution in [3.63, 3.8) is 0 Å². The molecule has 8 nitrogen and oxygen atoms in total. The van der Waals surface area contributed by atoms with Gasteiger partial charge in [-0.2, -0.15) is 0 Å². The van der Waals surface area contributed by atoms with Gasteiger partial charge < -0.3 is 21.3 Å². The zero-order chi connectivity index (χ0) is 22.1. The maximum Gasteiger partial charge on any atom is 0.222 e. The van der Waals surface area contributed by atoms with Gasteiger partial charge in [0.1, 0.15) is 5.82 Å². The molecule has 1 aromatic heterocycles. The molecule has 0 spiro atoms. The Morgan fingerprint density at radius 2 is 2.07 bits per heavy atom. The third-order valence-corrected chi connectivity index (χ3v) is 5.65. The van der Waals surface area contributed by atoms with Gasteiger partial charge in [0.05, 0.1) is 5.92 Å². The number of nitrogens with two attached hydrogens (primary N) is 1. The van der Waals surface area contributed by atoms with E-state index in [0.29, 0.717) is 25.2 Å². The van der Waals surface area contributed by atoms with Gasteiger partial charge in [-0.15, -0.1) is 0 Å². The minimum atomic E-state index is -0.225. The van der Waals surface area contributed by atoms with Crippen molar-refractivity contribution in [3.8, 4) is 0 Å². The van der Waals surface area contributed by atoms with Crippen LogP contribution in [0, 0.1) is 5.92 Å². The SMILES string of the molecule is CN=C(NCCN(C(C)C)C(C)C)NCc1cccnc1N1CCCC(C(N)=O)C1. The van der Waals surface area contributed by atoms with Crippen molar-refractivity contribution in [1.82, 2.24) is 20.5 Å². The minimum Gasteiger partial charge on any atom is -0.369 e. The number of anilines is 1. The molecule has 1 unspecified atom stereocenters. The number of carbonyl (C=O) groups is 1. The summed E-state index contributed by atoms with van der Waals surface area (Å²) in [5.74, 6) is 1.35. The molecule has 0 aliphatic carbocycles. The first-order chi connectivity index (χ1) is 14.3. The summed E-state index contributed by atoms with van der Waals surface area (Å²) in [5, 5.41) is 6.80. The molecule has 0 radical (unpaired) electrons. The van der Waals surface area contributed by atoms with E-state index in [-0.39, 0.29) is 11.8 Å². The Hall–Kier alpha value is -2.35. The molecule has 1 atom stereocenters. The largest absolute Gasteiger partial charge is 0.369 e. The summed E-state index contributed by atoms with van der Waals surface area (Å²) in [6, 6.07) is 5.02. The molecule has 168 valence electrons. The van der Waals surface area contributed by atoms with Crippen LogP contribution in [0.15, 0.2) is 23.3 Å². The van der Waals surface area contributed by atoms with Crippen LogP contribution in [0.25, 0.3) is 0 Å². The van der Waals surface area contributed by atoms with E-state index in [1.165, 1.54) is 0 Å². The molecular formula is C22H39N7O. The number of piperidine rings is 1. The number of pyridine rings is 1. The second kappa shape index (κ2) is 11.7. The van der Waals surface area contributed by atoms with Gasteiger partial charge in [0.15, 0.2) is 5.96 Å². The van der Waals surface area contributed by atoms with Crippen LogP contribution < -0.4 is 21.3 Å². The molecule has 0 bridgehead atoms. The molecule has 1 saturated heterocycles. The lowest BCUT2D eigenvalue weighted by Crippen LogP contribution is -2.45. The Bertz CT molecular complexity index is 696. The average molecular weight is 418 g/mol. The average Bonchev–Trinajstić information content (AvgIpc) is 2.73. The molecule has 1 fully saturated rings. The minimum absolute atomic E-state index is 0.110. The molecule has 0 aromatic carbocycles. The number of nitrogens with zero attached hydrogens (tertiary/aromatic N) is 4. The van der Waals surface area contributed by atoms with Crippen molar-refractivity contribution in [2.75, 3.05) is 38.1 Å². The number of aliphatic imine (C=N–C) groups is 1. The standard InChI is InChI=1S/C22H39N7O/c1-16(2)29(17(3)4)13-11-26-22(24-5)27-14-18-8-6-10-25-21(18)28-12-7-9-19(15-28)20(23)30/h6,8,10,16-17,19H,7,9,11-15H2,1-5H3,(H2,23,30)(H2,24,26,27). The predicted octanol–water partition coefficient (Wildman–Crippen LogP) is 1.57. The first kappa shape index (κ1) is 23.9. The molecule has 1 aliphatic rings. The molecule has 1 aromatic rings. The summed E-state index contributed by atoms with van der Waals surface area (Å²) in [4.78, 5) is 25.2. The Morgan fingerprint density at radius 1 is 1.33 bits per heavy atom. The van der Waals surface area contributed by atoms with Gasteiger partial charge >= 0.3 is 0 Å². The number of carbonyl (C=O) groups excluding carboxylic acids is 1. The highest BCUT2D eigenvalue weighted by Crippen LogP contribution is 2.24. The third-order valence-electron chi connectivity index (χ3n) is 5.65. The van der Waals surface area contributed by atoms with Gasteiger partial charge in [0.25, 0.3) is 0 Å². The van der Waals surface area contributed by atoms with Gasteiger partial charge in [-0.3, -0.25) is 14.7 Å². The zero-order valence-corrected chi connectivity index (χ0v) is 19.2. The summed E-state index contributed by atoms with van der Waals surface area (Å²) in [5.41, 5.74) is 6.62. The molecule has 30 heavy (non-hydrogen) atoms. The Balaban J connectivity index is 1.94. The van der Waals surface area contributed by atoms with Gasteiger partial charge in [0.2, 0.25) is 5.91 Å². The summed E-state index contributed by atoms with van der Waals surface area (Å²) >= 11 is 0. The summed E-state index contributed by atoms with van der Waals surface area (Å²) in [7, 11) is 1.78. The molecule has 0 saturated carbocycles. The Labute approximate surface area is 181 Å². The van der Waals surface area contributed by atoms with E-state index < -0.39 is 0 Å². The van der Waals surface area contributed by atoms with Crippen molar-refractivity contribution >= 4 is 17.7 Å². The molecule has 8 heteroatoms. The maximum atomic E-state index is 11.6.